The largest absolute Gasteiger partial charge is 0.489 e. The van der Waals surface area contributed by atoms with Crippen LogP contribution in [0, 0.1) is 23.0 Å². The Bertz CT molecular complexity index is 1010. The third kappa shape index (κ3) is 5.63. The first kappa shape index (κ1) is 23.0. The summed E-state index contributed by atoms with van der Waals surface area (Å²) in [4.78, 5) is 26.4. The van der Waals surface area contributed by atoms with Crippen molar-refractivity contribution in [3.63, 3.8) is 0 Å². The maximum atomic E-state index is 13.0. The number of hydrogen-bond donors (Lipinski definition) is 1. The molecule has 2 aromatic carbocycles. The van der Waals surface area contributed by atoms with Crippen LogP contribution in [-0.2, 0) is 4.74 Å². The Balaban J connectivity index is 1.51. The first-order valence-corrected chi connectivity index (χ1v) is 11.6. The minimum atomic E-state index is -0.414. The van der Waals surface area contributed by atoms with E-state index in [0.29, 0.717) is 29.6 Å². The summed E-state index contributed by atoms with van der Waals surface area (Å²) in [7, 11) is 0. The van der Waals surface area contributed by atoms with E-state index in [0.717, 1.165) is 50.9 Å². The summed E-state index contributed by atoms with van der Waals surface area (Å²) in [5.41, 5.74) is 2.29. The van der Waals surface area contributed by atoms with Crippen LogP contribution in [0.5, 0.6) is 5.75 Å². The highest BCUT2D eigenvalue weighted by atomic mass is 16.6. The zero-order valence-corrected chi connectivity index (χ0v) is 19.2. The third-order valence-corrected chi connectivity index (χ3v) is 6.39. The number of hydrogen-bond acceptors (Lipinski definition) is 6. The lowest BCUT2D eigenvalue weighted by molar-refractivity contribution is -0.384. The van der Waals surface area contributed by atoms with Crippen LogP contribution in [0.1, 0.15) is 48.5 Å². The van der Waals surface area contributed by atoms with Crippen LogP contribution in [0.4, 0.5) is 17.1 Å². The van der Waals surface area contributed by atoms with Gasteiger partial charge >= 0.3 is 0 Å². The Hall–Kier alpha value is -3.13. The zero-order chi connectivity index (χ0) is 23.4. The molecule has 0 radical (unpaired) electrons. The monoisotopic (exact) mass is 453 g/mol. The molecule has 2 aliphatic heterocycles. The molecular formula is C25H31N3O5. The van der Waals surface area contributed by atoms with Crippen LogP contribution in [0.2, 0.25) is 0 Å². The Morgan fingerprint density at radius 1 is 1.21 bits per heavy atom. The molecule has 0 bridgehead atoms. The van der Waals surface area contributed by atoms with Crippen LogP contribution in [0.25, 0.3) is 0 Å². The number of nitro benzene ring substituents is 1. The van der Waals surface area contributed by atoms with E-state index in [9.17, 15) is 14.9 Å². The summed E-state index contributed by atoms with van der Waals surface area (Å²) < 4.78 is 11.6. The van der Waals surface area contributed by atoms with Crippen LogP contribution in [-0.4, -0.2) is 43.2 Å². The fraction of sp³-hybridized carbons (Fsp3) is 0.480. The van der Waals surface area contributed by atoms with Crippen molar-refractivity contribution in [2.75, 3.05) is 36.5 Å². The molecule has 2 fully saturated rings. The SMILES string of the molecule is Cc1ccc(NC(=O)c2ccc(N3CCC(C)CC3)c([N+](=O)[O-])c2)c(OCC2CCCO2)c1. The molecule has 176 valence electrons. The second kappa shape index (κ2) is 10.2. The first-order chi connectivity index (χ1) is 15.9. The van der Waals surface area contributed by atoms with E-state index in [1.807, 2.05) is 24.0 Å². The average Bonchev–Trinajstić information content (AvgIpc) is 3.33. The Kier molecular flexibility index (Phi) is 7.13. The van der Waals surface area contributed by atoms with E-state index in [1.165, 1.54) is 6.07 Å². The standard InChI is InChI=1S/C25H31N3O5/c1-17-9-11-27(12-10-17)22-8-6-19(15-23(22)28(30)31)25(29)26-21-7-5-18(2)14-24(21)33-16-20-4-3-13-32-20/h5-8,14-15,17,20H,3-4,9-13,16H2,1-2H3,(H,26,29). The number of carbonyl (C=O) groups excluding carboxylic acids is 1. The van der Waals surface area contributed by atoms with Crippen molar-refractivity contribution in [1.29, 1.82) is 0 Å². The lowest BCUT2D eigenvalue weighted by Crippen LogP contribution is -2.33. The van der Waals surface area contributed by atoms with Crippen molar-refractivity contribution < 1.29 is 19.2 Å². The molecule has 8 nitrogen and oxygen atoms in total. The van der Waals surface area contributed by atoms with Crippen molar-refractivity contribution in [3.05, 3.63) is 57.6 Å². The molecule has 8 heteroatoms. The Morgan fingerprint density at radius 2 is 2.00 bits per heavy atom. The number of carbonyl (C=O) groups is 1. The number of amides is 1. The highest BCUT2D eigenvalue weighted by Gasteiger charge is 2.25. The van der Waals surface area contributed by atoms with Gasteiger partial charge in [-0.25, -0.2) is 0 Å². The molecule has 1 atom stereocenters. The predicted octanol–water partition coefficient (Wildman–Crippen LogP) is 4.95. The average molecular weight is 454 g/mol. The number of nitrogens with one attached hydrogen (secondary N) is 1. The second-order valence-corrected chi connectivity index (χ2v) is 9.03. The number of benzene rings is 2. The van der Waals surface area contributed by atoms with Crippen molar-refractivity contribution in [1.82, 2.24) is 0 Å². The molecule has 2 aliphatic rings. The van der Waals surface area contributed by atoms with E-state index in [4.69, 9.17) is 9.47 Å². The number of aryl methyl sites for hydroxylation is 1. The van der Waals surface area contributed by atoms with E-state index >= 15 is 0 Å². The van der Waals surface area contributed by atoms with Gasteiger partial charge in [0.15, 0.2) is 0 Å². The van der Waals surface area contributed by atoms with Gasteiger partial charge in [-0.15, -0.1) is 0 Å². The molecule has 2 saturated heterocycles. The van der Waals surface area contributed by atoms with Gasteiger partial charge in [-0.3, -0.25) is 14.9 Å². The molecule has 2 aromatic rings. The van der Waals surface area contributed by atoms with Gasteiger partial charge in [0.2, 0.25) is 0 Å². The maximum absolute atomic E-state index is 13.0. The van der Waals surface area contributed by atoms with Gasteiger partial charge < -0.3 is 19.7 Å². The molecule has 1 N–H and O–H groups in total. The highest BCUT2D eigenvalue weighted by molar-refractivity contribution is 6.05. The summed E-state index contributed by atoms with van der Waals surface area (Å²) in [6.07, 6.45) is 4.04. The van der Waals surface area contributed by atoms with Crippen molar-refractivity contribution in [3.8, 4) is 5.75 Å². The molecular weight excluding hydrogens is 422 g/mol. The summed E-state index contributed by atoms with van der Waals surface area (Å²) in [6, 6.07) is 10.2. The number of anilines is 2. The lowest BCUT2D eigenvalue weighted by atomic mass is 9.98. The van der Waals surface area contributed by atoms with Gasteiger partial charge in [0.25, 0.3) is 11.6 Å². The molecule has 0 saturated carbocycles. The van der Waals surface area contributed by atoms with Gasteiger partial charge in [-0.2, -0.15) is 0 Å². The molecule has 1 amide bonds. The van der Waals surface area contributed by atoms with E-state index < -0.39 is 10.8 Å². The summed E-state index contributed by atoms with van der Waals surface area (Å²) in [5.74, 6) is 0.770. The van der Waals surface area contributed by atoms with Crippen LogP contribution >= 0.6 is 0 Å². The second-order valence-electron chi connectivity index (χ2n) is 9.03. The predicted molar refractivity (Wildman–Crippen MR) is 127 cm³/mol. The van der Waals surface area contributed by atoms with E-state index in [-0.39, 0.29) is 17.4 Å². The molecule has 4 rings (SSSR count). The molecule has 0 aromatic heterocycles. The number of piperidine rings is 1. The maximum Gasteiger partial charge on any atom is 0.293 e. The molecule has 2 heterocycles. The van der Waals surface area contributed by atoms with Gasteiger partial charge in [-0.1, -0.05) is 13.0 Å². The van der Waals surface area contributed by atoms with E-state index in [2.05, 4.69) is 12.2 Å². The molecule has 0 spiro atoms. The number of ether oxygens (including phenoxy) is 2. The minimum Gasteiger partial charge on any atom is -0.489 e. The van der Waals surface area contributed by atoms with Gasteiger partial charge in [0.1, 0.15) is 18.0 Å². The third-order valence-electron chi connectivity index (χ3n) is 6.39. The highest BCUT2D eigenvalue weighted by Crippen LogP contribution is 2.33. The quantitative estimate of drug-likeness (QED) is 0.471. The molecule has 33 heavy (non-hydrogen) atoms. The van der Waals surface area contributed by atoms with Crippen molar-refractivity contribution in [2.24, 2.45) is 5.92 Å². The Labute approximate surface area is 194 Å². The fourth-order valence-electron chi connectivity index (χ4n) is 4.33. The number of rotatable bonds is 7. The summed E-state index contributed by atoms with van der Waals surface area (Å²) in [6.45, 7) is 6.87. The van der Waals surface area contributed by atoms with Gasteiger partial charge in [0, 0.05) is 31.3 Å². The smallest absolute Gasteiger partial charge is 0.293 e. The lowest BCUT2D eigenvalue weighted by Gasteiger charge is -2.31. The van der Waals surface area contributed by atoms with Crippen LogP contribution in [0.15, 0.2) is 36.4 Å². The Morgan fingerprint density at radius 3 is 2.70 bits per heavy atom. The zero-order valence-electron chi connectivity index (χ0n) is 19.2. The normalized spacial score (nSPS) is 18.8. The van der Waals surface area contributed by atoms with Gasteiger partial charge in [-0.05, 0) is 68.4 Å². The number of nitrogens with zero attached hydrogens (tertiary/aromatic N) is 2. The fourth-order valence-corrected chi connectivity index (χ4v) is 4.33. The van der Waals surface area contributed by atoms with Crippen molar-refractivity contribution >= 4 is 23.0 Å². The topological polar surface area (TPSA) is 93.9 Å². The number of nitro groups is 1. The minimum absolute atomic E-state index is 0.0454. The van der Waals surface area contributed by atoms with Crippen LogP contribution in [0.3, 0.4) is 0 Å². The van der Waals surface area contributed by atoms with Crippen LogP contribution < -0.4 is 15.0 Å². The summed E-state index contributed by atoms with van der Waals surface area (Å²) >= 11 is 0. The first-order valence-electron chi connectivity index (χ1n) is 11.6. The summed E-state index contributed by atoms with van der Waals surface area (Å²) in [5, 5.41) is 14.6. The van der Waals surface area contributed by atoms with Gasteiger partial charge in [0.05, 0.1) is 16.7 Å². The van der Waals surface area contributed by atoms with E-state index in [1.54, 1.807) is 18.2 Å². The molecule has 1 unspecified atom stereocenters. The van der Waals surface area contributed by atoms with Crippen molar-refractivity contribution in [2.45, 2.75) is 45.6 Å². The molecule has 0 aliphatic carbocycles.